The average Bonchev–Trinajstić information content (AvgIpc) is 3.29. The first-order chi connectivity index (χ1) is 15.5. The summed E-state index contributed by atoms with van der Waals surface area (Å²) in [5.74, 6) is 1.28. The van der Waals surface area contributed by atoms with Crippen LogP contribution in [0, 0.1) is 5.41 Å². The molecule has 170 valence electrons. The van der Waals surface area contributed by atoms with Crippen LogP contribution >= 0.6 is 0 Å². The van der Waals surface area contributed by atoms with Crippen LogP contribution in [0.15, 0.2) is 48.5 Å². The monoisotopic (exact) mass is 438 g/mol. The van der Waals surface area contributed by atoms with Gasteiger partial charge in [-0.1, -0.05) is 0 Å². The fourth-order valence-corrected chi connectivity index (χ4v) is 5.32. The molecule has 0 N–H and O–H groups in total. The van der Waals surface area contributed by atoms with E-state index in [1.807, 2.05) is 24.3 Å². The zero-order valence-corrected chi connectivity index (χ0v) is 18.7. The molecular weight excluding hydrogens is 408 g/mol. The predicted molar refractivity (Wildman–Crippen MR) is 121 cm³/mol. The van der Waals surface area contributed by atoms with Gasteiger partial charge in [-0.3, -0.25) is 4.79 Å². The van der Waals surface area contributed by atoms with Crippen molar-refractivity contribution >= 4 is 17.2 Å². The molecule has 0 aromatic heterocycles. The van der Waals surface area contributed by atoms with Crippen molar-refractivity contribution in [3.63, 3.8) is 0 Å². The van der Waals surface area contributed by atoms with E-state index in [9.17, 15) is 4.79 Å². The molecule has 32 heavy (non-hydrogen) atoms. The Labute approximate surface area is 188 Å². The molecule has 1 saturated carbocycles. The molecule has 2 aliphatic heterocycles. The highest BCUT2D eigenvalue weighted by Gasteiger charge is 2.55. The number of ether oxygens (including phenoxy) is 4. The molecule has 0 bridgehead atoms. The van der Waals surface area contributed by atoms with Gasteiger partial charge in [0.2, 0.25) is 0 Å². The first-order valence-electron chi connectivity index (χ1n) is 11.1. The van der Waals surface area contributed by atoms with E-state index in [-0.39, 0.29) is 0 Å². The molecule has 0 atom stereocenters. The molecular formula is C25H30N2O5. The second kappa shape index (κ2) is 8.30. The lowest BCUT2D eigenvalue weighted by molar-refractivity contribution is -0.201. The molecule has 2 aromatic carbocycles. The van der Waals surface area contributed by atoms with Gasteiger partial charge in [-0.25, -0.2) is 0 Å². The van der Waals surface area contributed by atoms with Gasteiger partial charge in [0.15, 0.2) is 5.79 Å². The van der Waals surface area contributed by atoms with Gasteiger partial charge in [-0.15, -0.1) is 0 Å². The third-order valence-corrected chi connectivity index (χ3v) is 6.95. The van der Waals surface area contributed by atoms with E-state index in [1.54, 1.807) is 14.2 Å². The summed E-state index contributed by atoms with van der Waals surface area (Å²) < 4.78 is 22.8. The Kier molecular flexibility index (Phi) is 5.47. The number of nitrogens with zero attached hydrogens (tertiary/aromatic N) is 2. The molecule has 7 nitrogen and oxygen atoms in total. The minimum atomic E-state index is -0.637. The Morgan fingerprint density at radius 1 is 0.812 bits per heavy atom. The Bertz CT molecular complexity index is 898. The second-order valence-electron chi connectivity index (χ2n) is 8.92. The molecule has 2 aromatic rings. The van der Waals surface area contributed by atoms with Crippen molar-refractivity contribution in [3.05, 3.63) is 48.5 Å². The zero-order valence-electron chi connectivity index (χ0n) is 18.7. The van der Waals surface area contributed by atoms with Crippen LogP contribution in [0.5, 0.6) is 11.5 Å². The summed E-state index contributed by atoms with van der Waals surface area (Å²) in [6, 6.07) is 16.0. The predicted octanol–water partition coefficient (Wildman–Crippen LogP) is 3.47. The SMILES string of the molecule is COc1ccc(N2CN(c3ccc(OC)cc3)CC3(C2)CC2(CCC3=O)OCCO2)cc1. The van der Waals surface area contributed by atoms with Gasteiger partial charge >= 0.3 is 0 Å². The van der Waals surface area contributed by atoms with Crippen molar-refractivity contribution in [1.82, 2.24) is 0 Å². The first-order valence-corrected chi connectivity index (χ1v) is 11.1. The normalized spacial score (nSPS) is 21.9. The van der Waals surface area contributed by atoms with Gasteiger partial charge < -0.3 is 28.7 Å². The summed E-state index contributed by atoms with van der Waals surface area (Å²) >= 11 is 0. The summed E-state index contributed by atoms with van der Waals surface area (Å²) in [6.07, 6.45) is 1.70. The zero-order chi connectivity index (χ0) is 22.2. The van der Waals surface area contributed by atoms with Crippen LogP contribution in [0.25, 0.3) is 0 Å². The lowest BCUT2D eigenvalue weighted by atomic mass is 9.68. The minimum Gasteiger partial charge on any atom is -0.497 e. The van der Waals surface area contributed by atoms with Crippen LogP contribution in [0.1, 0.15) is 19.3 Å². The van der Waals surface area contributed by atoms with Crippen LogP contribution in [0.4, 0.5) is 11.4 Å². The fourth-order valence-electron chi connectivity index (χ4n) is 5.32. The molecule has 2 spiro atoms. The van der Waals surface area contributed by atoms with Crippen molar-refractivity contribution in [2.24, 2.45) is 5.41 Å². The van der Waals surface area contributed by atoms with Gasteiger partial charge in [0, 0.05) is 43.7 Å². The summed E-state index contributed by atoms with van der Waals surface area (Å²) in [5, 5.41) is 0. The van der Waals surface area contributed by atoms with E-state index in [0.29, 0.717) is 58.0 Å². The largest absolute Gasteiger partial charge is 0.497 e. The van der Waals surface area contributed by atoms with Gasteiger partial charge in [-0.05, 0) is 48.5 Å². The van der Waals surface area contributed by atoms with E-state index in [1.165, 1.54) is 0 Å². The van der Waals surface area contributed by atoms with Crippen molar-refractivity contribution in [3.8, 4) is 11.5 Å². The first kappa shape index (κ1) is 21.1. The molecule has 2 saturated heterocycles. The van der Waals surface area contributed by atoms with Crippen molar-refractivity contribution in [1.29, 1.82) is 0 Å². The van der Waals surface area contributed by atoms with E-state index < -0.39 is 11.2 Å². The Morgan fingerprint density at radius 2 is 1.31 bits per heavy atom. The number of anilines is 2. The van der Waals surface area contributed by atoms with E-state index in [0.717, 1.165) is 22.9 Å². The molecule has 3 aliphatic rings. The van der Waals surface area contributed by atoms with Crippen LogP contribution in [-0.4, -0.2) is 58.8 Å². The summed E-state index contributed by atoms with van der Waals surface area (Å²) in [6.45, 7) is 3.14. The molecule has 7 heteroatoms. The number of ketones is 1. The van der Waals surface area contributed by atoms with Crippen LogP contribution < -0.4 is 19.3 Å². The molecule has 3 fully saturated rings. The second-order valence-corrected chi connectivity index (χ2v) is 8.92. The van der Waals surface area contributed by atoms with Crippen molar-refractivity contribution in [2.45, 2.75) is 25.0 Å². The number of carbonyl (C=O) groups excluding carboxylic acids is 1. The van der Waals surface area contributed by atoms with Gasteiger partial charge in [0.25, 0.3) is 0 Å². The third-order valence-electron chi connectivity index (χ3n) is 6.95. The summed E-state index contributed by atoms with van der Waals surface area (Å²) in [7, 11) is 3.33. The number of benzene rings is 2. The molecule has 0 radical (unpaired) electrons. The van der Waals surface area contributed by atoms with Crippen molar-refractivity contribution in [2.75, 3.05) is 57.0 Å². The fraction of sp³-hybridized carbons (Fsp3) is 0.480. The van der Waals surface area contributed by atoms with Gasteiger partial charge in [0.05, 0.1) is 39.5 Å². The van der Waals surface area contributed by atoms with E-state index in [4.69, 9.17) is 18.9 Å². The smallest absolute Gasteiger partial charge is 0.170 e. The number of methoxy groups -OCH3 is 2. The molecule has 1 aliphatic carbocycles. The molecule has 0 amide bonds. The summed E-state index contributed by atoms with van der Waals surface area (Å²) in [5.41, 5.74) is 1.55. The highest BCUT2D eigenvalue weighted by Crippen LogP contribution is 2.47. The number of Topliss-reactive ketones (excluding diaryl/α,β-unsaturated/α-hetero) is 1. The van der Waals surface area contributed by atoms with Crippen LogP contribution in [0.3, 0.4) is 0 Å². The summed E-state index contributed by atoms with van der Waals surface area (Å²) in [4.78, 5) is 18.0. The molecule has 2 heterocycles. The number of hydrogen-bond acceptors (Lipinski definition) is 7. The Balaban J connectivity index is 1.50. The average molecular weight is 439 g/mol. The molecule has 5 rings (SSSR count). The highest BCUT2D eigenvalue weighted by molar-refractivity contribution is 5.88. The van der Waals surface area contributed by atoms with E-state index >= 15 is 0 Å². The maximum absolute atomic E-state index is 13.5. The number of rotatable bonds is 4. The van der Waals surface area contributed by atoms with Gasteiger partial charge in [-0.2, -0.15) is 0 Å². The van der Waals surface area contributed by atoms with Crippen molar-refractivity contribution < 1.29 is 23.7 Å². The van der Waals surface area contributed by atoms with Crippen LogP contribution in [0.2, 0.25) is 0 Å². The molecule has 0 unspecified atom stereocenters. The standard InChI is InChI=1S/C25H30N2O5/c1-29-21-7-3-19(4-8-21)26-16-24(15-25(12-11-23(24)28)31-13-14-32-25)17-27(18-26)20-5-9-22(30-2)10-6-20/h3-10H,11-18H2,1-2H3. The lowest BCUT2D eigenvalue weighted by Crippen LogP contribution is -2.63. The number of carbonyl (C=O) groups is 1. The maximum atomic E-state index is 13.5. The van der Waals surface area contributed by atoms with Gasteiger partial charge in [0.1, 0.15) is 17.3 Å². The maximum Gasteiger partial charge on any atom is 0.170 e. The van der Waals surface area contributed by atoms with E-state index in [2.05, 4.69) is 34.1 Å². The minimum absolute atomic E-state index is 0.291. The topological polar surface area (TPSA) is 60.5 Å². The van der Waals surface area contributed by atoms with Crippen LogP contribution in [-0.2, 0) is 14.3 Å². The quantitative estimate of drug-likeness (QED) is 0.724. The Hall–Kier alpha value is -2.77. The third kappa shape index (κ3) is 3.80. The Morgan fingerprint density at radius 3 is 1.78 bits per heavy atom. The number of hydrogen-bond donors (Lipinski definition) is 0. The highest BCUT2D eigenvalue weighted by atomic mass is 16.7. The lowest BCUT2D eigenvalue weighted by Gasteiger charge is -2.52.